The van der Waals surface area contributed by atoms with Crippen molar-refractivity contribution in [2.45, 2.75) is 5.79 Å². The van der Waals surface area contributed by atoms with Crippen LogP contribution in [0, 0.1) is 11.8 Å². The lowest BCUT2D eigenvalue weighted by molar-refractivity contribution is -0.239. The van der Waals surface area contributed by atoms with Crippen LogP contribution in [0.15, 0.2) is 42.2 Å². The molecular formula is C17H14O5. The number of ether oxygens (including phenoxy) is 5. The van der Waals surface area contributed by atoms with E-state index in [2.05, 4.69) is 11.8 Å². The summed E-state index contributed by atoms with van der Waals surface area (Å²) in [4.78, 5) is 0. The van der Waals surface area contributed by atoms with Gasteiger partial charge in [0.05, 0.1) is 13.2 Å². The zero-order chi connectivity index (χ0) is 14.8. The fourth-order valence-electron chi connectivity index (χ4n) is 2.40. The molecule has 0 radical (unpaired) electrons. The van der Waals surface area contributed by atoms with Crippen LogP contribution >= 0.6 is 0 Å². The Balaban J connectivity index is 1.46. The Hall–Kier alpha value is -2.42. The number of hydrogen-bond donors (Lipinski definition) is 0. The first-order valence-electron chi connectivity index (χ1n) is 7.04. The lowest BCUT2D eigenvalue weighted by Gasteiger charge is -2.31. The lowest BCUT2D eigenvalue weighted by atomic mass is 10.2. The highest BCUT2D eigenvalue weighted by molar-refractivity contribution is 5.50. The van der Waals surface area contributed by atoms with Crippen LogP contribution in [0.1, 0.15) is 5.56 Å². The minimum atomic E-state index is -0.773. The third-order valence-electron chi connectivity index (χ3n) is 3.47. The molecule has 112 valence electrons. The first kappa shape index (κ1) is 13.3. The SMILES string of the molecule is C(#Cc1ccc2c(c1)OCO2)/C=C1\C=CC2(COCCO2)O1. The molecule has 0 N–H and O–H groups in total. The molecule has 0 bridgehead atoms. The summed E-state index contributed by atoms with van der Waals surface area (Å²) in [7, 11) is 0. The molecule has 0 amide bonds. The molecule has 5 nitrogen and oxygen atoms in total. The summed E-state index contributed by atoms with van der Waals surface area (Å²) >= 11 is 0. The zero-order valence-electron chi connectivity index (χ0n) is 11.8. The predicted octanol–water partition coefficient (Wildman–Crippen LogP) is 1.98. The Bertz CT molecular complexity index is 701. The maximum atomic E-state index is 5.76. The second-order valence-corrected chi connectivity index (χ2v) is 5.03. The van der Waals surface area contributed by atoms with Crippen molar-refractivity contribution in [3.8, 4) is 23.3 Å². The topological polar surface area (TPSA) is 46.2 Å². The van der Waals surface area contributed by atoms with E-state index in [1.54, 1.807) is 6.08 Å². The molecule has 3 aliphatic heterocycles. The highest BCUT2D eigenvalue weighted by Crippen LogP contribution is 2.32. The summed E-state index contributed by atoms with van der Waals surface area (Å²) in [6.07, 6.45) is 5.43. The smallest absolute Gasteiger partial charge is 0.254 e. The molecule has 0 saturated carbocycles. The molecular weight excluding hydrogens is 284 g/mol. The van der Waals surface area contributed by atoms with E-state index in [0.29, 0.717) is 25.6 Å². The third-order valence-corrected chi connectivity index (χ3v) is 3.47. The van der Waals surface area contributed by atoms with Gasteiger partial charge in [-0.05, 0) is 30.4 Å². The van der Waals surface area contributed by atoms with Crippen molar-refractivity contribution in [1.29, 1.82) is 0 Å². The number of allylic oxidation sites excluding steroid dienone is 2. The molecule has 5 heteroatoms. The molecule has 1 aromatic carbocycles. The Labute approximate surface area is 128 Å². The van der Waals surface area contributed by atoms with Crippen molar-refractivity contribution in [3.05, 3.63) is 47.7 Å². The molecule has 1 saturated heterocycles. The summed E-state index contributed by atoms with van der Waals surface area (Å²) in [5.74, 6) is 7.39. The van der Waals surface area contributed by atoms with Crippen LogP contribution in [0.3, 0.4) is 0 Å². The number of rotatable bonds is 0. The van der Waals surface area contributed by atoms with Gasteiger partial charge in [-0.2, -0.15) is 0 Å². The van der Waals surface area contributed by atoms with Gasteiger partial charge in [0.25, 0.3) is 5.79 Å². The van der Waals surface area contributed by atoms with E-state index in [0.717, 1.165) is 17.1 Å². The standard InChI is InChI=1S/C17H14O5/c1(2-13-4-5-15-16(10-13)20-12-19-15)3-14-6-7-17(22-14)11-18-8-9-21-17/h3-7,10H,8-9,11-12H2/b14-3+. The van der Waals surface area contributed by atoms with E-state index in [-0.39, 0.29) is 6.79 Å². The average Bonchev–Trinajstić information content (AvgIpc) is 3.15. The van der Waals surface area contributed by atoms with Gasteiger partial charge in [-0.25, -0.2) is 0 Å². The molecule has 0 aromatic heterocycles. The first-order chi connectivity index (χ1) is 10.8. The molecule has 3 aliphatic rings. The summed E-state index contributed by atoms with van der Waals surface area (Å²) in [6.45, 7) is 1.79. The highest BCUT2D eigenvalue weighted by atomic mass is 16.7. The van der Waals surface area contributed by atoms with Gasteiger partial charge in [0, 0.05) is 11.6 Å². The van der Waals surface area contributed by atoms with Gasteiger partial charge in [-0.15, -0.1) is 0 Å². The summed E-state index contributed by atoms with van der Waals surface area (Å²) < 4.78 is 27.3. The van der Waals surface area contributed by atoms with E-state index >= 15 is 0 Å². The van der Waals surface area contributed by atoms with Gasteiger partial charge in [0.1, 0.15) is 12.4 Å². The van der Waals surface area contributed by atoms with Crippen molar-refractivity contribution >= 4 is 0 Å². The van der Waals surface area contributed by atoms with Gasteiger partial charge in [0.15, 0.2) is 11.5 Å². The lowest BCUT2D eigenvalue weighted by Crippen LogP contribution is -2.41. The Morgan fingerprint density at radius 2 is 2.09 bits per heavy atom. The maximum absolute atomic E-state index is 5.76. The van der Waals surface area contributed by atoms with Crippen molar-refractivity contribution in [2.24, 2.45) is 0 Å². The summed E-state index contributed by atoms with van der Waals surface area (Å²) in [5, 5.41) is 0. The molecule has 3 heterocycles. The van der Waals surface area contributed by atoms with Gasteiger partial charge < -0.3 is 23.7 Å². The summed E-state index contributed by atoms with van der Waals surface area (Å²) in [6, 6.07) is 5.61. The largest absolute Gasteiger partial charge is 0.455 e. The highest BCUT2D eigenvalue weighted by Gasteiger charge is 2.37. The van der Waals surface area contributed by atoms with Crippen molar-refractivity contribution in [2.75, 3.05) is 26.6 Å². The van der Waals surface area contributed by atoms with E-state index in [1.807, 2.05) is 30.4 Å². The van der Waals surface area contributed by atoms with Gasteiger partial charge in [0.2, 0.25) is 6.79 Å². The zero-order valence-corrected chi connectivity index (χ0v) is 11.8. The molecule has 1 unspecified atom stereocenters. The van der Waals surface area contributed by atoms with E-state index in [9.17, 15) is 0 Å². The second kappa shape index (κ2) is 5.41. The first-order valence-corrected chi connectivity index (χ1v) is 7.04. The molecule has 1 fully saturated rings. The number of fused-ring (bicyclic) bond motifs is 1. The minimum absolute atomic E-state index is 0.263. The van der Waals surface area contributed by atoms with E-state index in [4.69, 9.17) is 23.7 Å². The Morgan fingerprint density at radius 1 is 1.14 bits per heavy atom. The van der Waals surface area contributed by atoms with Crippen molar-refractivity contribution in [1.82, 2.24) is 0 Å². The Morgan fingerprint density at radius 3 is 3.00 bits per heavy atom. The minimum Gasteiger partial charge on any atom is -0.455 e. The van der Waals surface area contributed by atoms with Crippen LogP contribution in [0.4, 0.5) is 0 Å². The quantitative estimate of drug-likeness (QED) is 0.685. The monoisotopic (exact) mass is 298 g/mol. The van der Waals surface area contributed by atoms with Crippen LogP contribution in [-0.2, 0) is 14.2 Å². The Kier molecular flexibility index (Phi) is 3.26. The maximum Gasteiger partial charge on any atom is 0.254 e. The molecule has 1 aromatic rings. The van der Waals surface area contributed by atoms with Crippen molar-refractivity contribution in [3.63, 3.8) is 0 Å². The predicted molar refractivity (Wildman–Crippen MR) is 77.3 cm³/mol. The van der Waals surface area contributed by atoms with Crippen LogP contribution in [0.25, 0.3) is 0 Å². The van der Waals surface area contributed by atoms with Crippen LogP contribution < -0.4 is 9.47 Å². The fraction of sp³-hybridized carbons (Fsp3) is 0.294. The molecule has 1 spiro atoms. The van der Waals surface area contributed by atoms with Gasteiger partial charge >= 0.3 is 0 Å². The molecule has 22 heavy (non-hydrogen) atoms. The van der Waals surface area contributed by atoms with Crippen LogP contribution in [0.5, 0.6) is 11.5 Å². The number of benzene rings is 1. The molecule has 1 atom stereocenters. The van der Waals surface area contributed by atoms with E-state index < -0.39 is 5.79 Å². The normalized spacial score (nSPS) is 26.8. The third kappa shape index (κ3) is 2.54. The van der Waals surface area contributed by atoms with Crippen LogP contribution in [0.2, 0.25) is 0 Å². The number of hydrogen-bond acceptors (Lipinski definition) is 5. The molecule has 4 rings (SSSR count). The van der Waals surface area contributed by atoms with E-state index in [1.165, 1.54) is 0 Å². The second-order valence-electron chi connectivity index (χ2n) is 5.03. The average molecular weight is 298 g/mol. The molecule has 0 aliphatic carbocycles. The summed E-state index contributed by atoms with van der Waals surface area (Å²) in [5.41, 5.74) is 0.857. The fourth-order valence-corrected chi connectivity index (χ4v) is 2.40. The van der Waals surface area contributed by atoms with Crippen molar-refractivity contribution < 1.29 is 23.7 Å². The van der Waals surface area contributed by atoms with Gasteiger partial charge in [-0.1, -0.05) is 11.8 Å². The van der Waals surface area contributed by atoms with Gasteiger partial charge in [-0.3, -0.25) is 0 Å². The van der Waals surface area contributed by atoms with Crippen LogP contribution in [-0.4, -0.2) is 32.4 Å².